The van der Waals surface area contributed by atoms with Crippen LogP contribution in [0.25, 0.3) is 10.9 Å². The fraction of sp³-hybridized carbons (Fsp3) is 0.214. The molecule has 0 radical (unpaired) electrons. The van der Waals surface area contributed by atoms with Crippen LogP contribution < -0.4 is 5.32 Å². The van der Waals surface area contributed by atoms with Crippen molar-refractivity contribution in [3.05, 3.63) is 36.0 Å². The summed E-state index contributed by atoms with van der Waals surface area (Å²) in [5.74, 6) is 5.67. The van der Waals surface area contributed by atoms with E-state index < -0.39 is 0 Å². The van der Waals surface area contributed by atoms with Crippen LogP contribution in [0.4, 0.5) is 0 Å². The van der Waals surface area contributed by atoms with Gasteiger partial charge in [-0.3, -0.25) is 4.79 Å². The zero-order valence-electron chi connectivity index (χ0n) is 9.71. The first-order valence-electron chi connectivity index (χ1n) is 5.57. The molecule has 0 aliphatic carbocycles. The van der Waals surface area contributed by atoms with Crippen LogP contribution in [-0.2, 0) is 0 Å². The molecule has 2 aromatic rings. The van der Waals surface area contributed by atoms with Gasteiger partial charge in [0.15, 0.2) is 0 Å². The third kappa shape index (κ3) is 2.48. The smallest absolute Gasteiger partial charge is 0.251 e. The largest absolute Gasteiger partial charge is 0.361 e. The molecule has 0 saturated heterocycles. The number of benzene rings is 1. The average Bonchev–Trinajstić information content (AvgIpc) is 2.82. The summed E-state index contributed by atoms with van der Waals surface area (Å²) in [7, 11) is 0. The Kier molecular flexibility index (Phi) is 3.46. The highest BCUT2D eigenvalue weighted by molar-refractivity contribution is 6.06. The van der Waals surface area contributed by atoms with E-state index in [4.69, 9.17) is 0 Å². The molecular formula is C14H14N2O. The number of hydrogen-bond acceptors (Lipinski definition) is 1. The van der Waals surface area contributed by atoms with Crippen LogP contribution in [-0.4, -0.2) is 17.4 Å². The third-order valence-electron chi connectivity index (χ3n) is 2.55. The first kappa shape index (κ1) is 11.3. The summed E-state index contributed by atoms with van der Waals surface area (Å²) in [6.07, 6.45) is 2.52. The van der Waals surface area contributed by atoms with E-state index in [1.165, 1.54) is 0 Å². The van der Waals surface area contributed by atoms with Gasteiger partial charge in [-0.1, -0.05) is 6.07 Å². The van der Waals surface area contributed by atoms with Crippen molar-refractivity contribution in [2.24, 2.45) is 0 Å². The number of carbonyl (C=O) groups is 1. The van der Waals surface area contributed by atoms with Gasteiger partial charge in [0.05, 0.1) is 0 Å². The number of hydrogen-bond donors (Lipinski definition) is 2. The summed E-state index contributed by atoms with van der Waals surface area (Å²) in [4.78, 5) is 15.0. The van der Waals surface area contributed by atoms with Crippen molar-refractivity contribution in [2.75, 3.05) is 6.54 Å². The minimum Gasteiger partial charge on any atom is -0.361 e. The topological polar surface area (TPSA) is 44.9 Å². The molecule has 0 aliphatic heterocycles. The quantitative estimate of drug-likeness (QED) is 0.612. The molecule has 3 nitrogen and oxygen atoms in total. The number of aromatic amines is 1. The minimum atomic E-state index is -0.0481. The van der Waals surface area contributed by atoms with Crippen LogP contribution in [0.1, 0.15) is 23.7 Å². The Morgan fingerprint density at radius 3 is 3.12 bits per heavy atom. The van der Waals surface area contributed by atoms with Gasteiger partial charge in [0, 0.05) is 35.6 Å². The first-order chi connectivity index (χ1) is 8.33. The highest BCUT2D eigenvalue weighted by Crippen LogP contribution is 2.16. The highest BCUT2D eigenvalue weighted by Gasteiger charge is 2.08. The average molecular weight is 226 g/mol. The van der Waals surface area contributed by atoms with Crippen molar-refractivity contribution < 1.29 is 4.79 Å². The Bertz CT molecular complexity index is 587. The van der Waals surface area contributed by atoms with Crippen molar-refractivity contribution in [1.82, 2.24) is 10.3 Å². The van der Waals surface area contributed by atoms with Gasteiger partial charge in [0.2, 0.25) is 0 Å². The first-order valence-corrected chi connectivity index (χ1v) is 5.57. The van der Waals surface area contributed by atoms with Crippen LogP contribution >= 0.6 is 0 Å². The molecule has 1 aromatic carbocycles. The molecule has 0 aliphatic rings. The molecule has 2 N–H and O–H groups in total. The van der Waals surface area contributed by atoms with E-state index in [0.29, 0.717) is 18.5 Å². The Morgan fingerprint density at radius 1 is 1.41 bits per heavy atom. The standard InChI is InChI=1S/C14H14N2O/c1-2-3-4-9-16-14(17)12-6-5-7-13-11(12)8-10-15-13/h5-8,10,15H,4,9H2,1H3,(H,16,17). The fourth-order valence-electron chi connectivity index (χ4n) is 1.74. The summed E-state index contributed by atoms with van der Waals surface area (Å²) in [5.41, 5.74) is 1.68. The van der Waals surface area contributed by atoms with E-state index in [-0.39, 0.29) is 5.91 Å². The number of H-pyrrole nitrogens is 1. The molecule has 17 heavy (non-hydrogen) atoms. The van der Waals surface area contributed by atoms with E-state index in [9.17, 15) is 4.79 Å². The molecule has 86 valence electrons. The number of nitrogens with one attached hydrogen (secondary N) is 2. The van der Waals surface area contributed by atoms with Gasteiger partial charge in [0.1, 0.15) is 0 Å². The van der Waals surface area contributed by atoms with E-state index >= 15 is 0 Å². The maximum Gasteiger partial charge on any atom is 0.251 e. The molecule has 2 rings (SSSR count). The van der Waals surface area contributed by atoms with Crippen molar-refractivity contribution in [3.63, 3.8) is 0 Å². The van der Waals surface area contributed by atoms with Gasteiger partial charge in [-0.25, -0.2) is 0 Å². The number of rotatable bonds is 3. The molecule has 1 aromatic heterocycles. The summed E-state index contributed by atoms with van der Waals surface area (Å²) < 4.78 is 0. The molecular weight excluding hydrogens is 212 g/mol. The lowest BCUT2D eigenvalue weighted by molar-refractivity contribution is 0.0956. The normalized spacial score (nSPS) is 9.71. The zero-order chi connectivity index (χ0) is 12.1. The summed E-state index contributed by atoms with van der Waals surface area (Å²) >= 11 is 0. The van der Waals surface area contributed by atoms with E-state index in [1.54, 1.807) is 6.92 Å². The van der Waals surface area contributed by atoms with Crippen LogP contribution in [0, 0.1) is 11.8 Å². The monoisotopic (exact) mass is 226 g/mol. The van der Waals surface area contributed by atoms with Crippen LogP contribution in [0.3, 0.4) is 0 Å². The molecule has 1 amide bonds. The minimum absolute atomic E-state index is 0.0481. The van der Waals surface area contributed by atoms with Crippen LogP contribution in [0.15, 0.2) is 30.5 Å². The van der Waals surface area contributed by atoms with E-state index in [2.05, 4.69) is 22.1 Å². The second-order valence-corrected chi connectivity index (χ2v) is 3.68. The lowest BCUT2D eigenvalue weighted by atomic mass is 10.1. The molecule has 0 fully saturated rings. The van der Waals surface area contributed by atoms with Crippen molar-refractivity contribution in [3.8, 4) is 11.8 Å². The highest BCUT2D eigenvalue weighted by atomic mass is 16.1. The van der Waals surface area contributed by atoms with Gasteiger partial charge in [-0.15, -0.1) is 11.8 Å². The Hall–Kier alpha value is -2.21. The van der Waals surface area contributed by atoms with Gasteiger partial charge < -0.3 is 10.3 Å². The van der Waals surface area contributed by atoms with Gasteiger partial charge >= 0.3 is 0 Å². The molecule has 0 atom stereocenters. The summed E-state index contributed by atoms with van der Waals surface area (Å²) in [6, 6.07) is 7.57. The van der Waals surface area contributed by atoms with E-state index in [0.717, 1.165) is 10.9 Å². The Morgan fingerprint density at radius 2 is 2.29 bits per heavy atom. The number of fused-ring (bicyclic) bond motifs is 1. The maximum atomic E-state index is 11.9. The summed E-state index contributed by atoms with van der Waals surface area (Å²) in [6.45, 7) is 2.38. The van der Waals surface area contributed by atoms with Gasteiger partial charge in [0.25, 0.3) is 5.91 Å². The third-order valence-corrected chi connectivity index (χ3v) is 2.55. The van der Waals surface area contributed by atoms with E-state index in [1.807, 2.05) is 30.5 Å². The fourth-order valence-corrected chi connectivity index (χ4v) is 1.74. The number of aromatic nitrogens is 1. The second-order valence-electron chi connectivity index (χ2n) is 3.68. The lowest BCUT2D eigenvalue weighted by Crippen LogP contribution is -2.24. The number of amides is 1. The maximum absolute atomic E-state index is 11.9. The van der Waals surface area contributed by atoms with Gasteiger partial charge in [-0.2, -0.15) is 0 Å². The van der Waals surface area contributed by atoms with Crippen LogP contribution in [0.5, 0.6) is 0 Å². The SMILES string of the molecule is CC#CCCNC(=O)c1cccc2[nH]ccc12. The predicted octanol–water partition coefficient (Wildman–Crippen LogP) is 2.31. The summed E-state index contributed by atoms with van der Waals surface area (Å²) in [5, 5.41) is 3.81. The molecule has 0 bridgehead atoms. The second kappa shape index (κ2) is 5.22. The molecule has 0 spiro atoms. The molecule has 0 unspecified atom stereocenters. The molecule has 1 heterocycles. The van der Waals surface area contributed by atoms with Crippen LogP contribution in [0.2, 0.25) is 0 Å². The Labute approximate surface area is 100 Å². The van der Waals surface area contributed by atoms with Crippen molar-refractivity contribution in [1.29, 1.82) is 0 Å². The number of carbonyl (C=O) groups excluding carboxylic acids is 1. The molecule has 3 heteroatoms. The predicted molar refractivity (Wildman–Crippen MR) is 68.7 cm³/mol. The zero-order valence-corrected chi connectivity index (χ0v) is 9.71. The Balaban J connectivity index is 2.12. The molecule has 0 saturated carbocycles. The van der Waals surface area contributed by atoms with Gasteiger partial charge in [-0.05, 0) is 25.1 Å². The van der Waals surface area contributed by atoms with Crippen molar-refractivity contribution >= 4 is 16.8 Å². The van der Waals surface area contributed by atoms with Crippen molar-refractivity contribution in [2.45, 2.75) is 13.3 Å². The lowest BCUT2D eigenvalue weighted by Gasteiger charge is -2.04.